The normalized spacial score (nSPS) is 15.3. The highest BCUT2D eigenvalue weighted by Gasteiger charge is 2.20. The Kier molecular flexibility index (Phi) is 5.17. The minimum absolute atomic E-state index is 0.689. The predicted octanol–water partition coefficient (Wildman–Crippen LogP) is 2.90. The van der Waals surface area contributed by atoms with Gasteiger partial charge in [0.2, 0.25) is 0 Å². The van der Waals surface area contributed by atoms with E-state index < -0.39 is 0 Å². The van der Waals surface area contributed by atoms with Crippen molar-refractivity contribution in [1.29, 1.82) is 0 Å². The van der Waals surface area contributed by atoms with Crippen LogP contribution >= 0.6 is 11.3 Å². The van der Waals surface area contributed by atoms with E-state index in [0.29, 0.717) is 6.61 Å². The molecule has 3 heterocycles. The van der Waals surface area contributed by atoms with E-state index >= 15 is 0 Å². The lowest BCUT2D eigenvalue weighted by molar-refractivity contribution is 0.200. The first-order valence-corrected chi connectivity index (χ1v) is 9.64. The summed E-state index contributed by atoms with van der Waals surface area (Å²) in [6, 6.07) is 9.84. The van der Waals surface area contributed by atoms with Crippen LogP contribution in [-0.4, -0.2) is 61.3 Å². The molecular weight excluding hydrogens is 348 g/mol. The third kappa shape index (κ3) is 3.73. The van der Waals surface area contributed by atoms with Gasteiger partial charge in [-0.25, -0.2) is 9.97 Å². The number of nitrogens with zero attached hydrogens (tertiary/aromatic N) is 4. The van der Waals surface area contributed by atoms with Crippen LogP contribution in [0.5, 0.6) is 11.5 Å². The number of methoxy groups -OCH3 is 1. The maximum atomic E-state index is 5.84. The third-order valence-corrected chi connectivity index (χ3v) is 5.47. The van der Waals surface area contributed by atoms with Crippen molar-refractivity contribution in [3.05, 3.63) is 42.0 Å². The molecule has 1 fully saturated rings. The first kappa shape index (κ1) is 17.1. The molecule has 7 heteroatoms. The summed E-state index contributed by atoms with van der Waals surface area (Å²) < 4.78 is 11.0. The molecule has 2 aromatic heterocycles. The van der Waals surface area contributed by atoms with E-state index in [1.54, 1.807) is 24.8 Å². The SMILES string of the molecule is COc1ccc(OCCN2CCN(c3ncnc4sccc34)CC2)cc1. The minimum Gasteiger partial charge on any atom is -0.497 e. The average molecular weight is 370 g/mol. The Labute approximate surface area is 157 Å². The molecule has 0 bridgehead atoms. The van der Waals surface area contributed by atoms with Crippen molar-refractivity contribution in [2.45, 2.75) is 0 Å². The van der Waals surface area contributed by atoms with Crippen LogP contribution in [0.2, 0.25) is 0 Å². The number of ether oxygens (including phenoxy) is 2. The topological polar surface area (TPSA) is 50.7 Å². The number of piperazine rings is 1. The zero-order valence-corrected chi connectivity index (χ0v) is 15.6. The lowest BCUT2D eigenvalue weighted by Gasteiger charge is -2.35. The number of benzene rings is 1. The van der Waals surface area contributed by atoms with E-state index in [1.807, 2.05) is 24.3 Å². The van der Waals surface area contributed by atoms with Gasteiger partial charge in [-0.1, -0.05) is 0 Å². The zero-order chi connectivity index (χ0) is 17.8. The molecular formula is C19H22N4O2S. The second-order valence-corrected chi connectivity index (χ2v) is 7.08. The van der Waals surface area contributed by atoms with Crippen LogP contribution in [0.1, 0.15) is 0 Å². The highest BCUT2D eigenvalue weighted by molar-refractivity contribution is 7.16. The smallest absolute Gasteiger partial charge is 0.140 e. The van der Waals surface area contributed by atoms with Crippen molar-refractivity contribution < 1.29 is 9.47 Å². The number of aromatic nitrogens is 2. The van der Waals surface area contributed by atoms with Gasteiger partial charge in [-0.15, -0.1) is 11.3 Å². The second-order valence-electron chi connectivity index (χ2n) is 6.19. The molecule has 0 amide bonds. The Balaban J connectivity index is 1.26. The number of hydrogen-bond acceptors (Lipinski definition) is 7. The Morgan fingerprint density at radius 3 is 2.54 bits per heavy atom. The summed E-state index contributed by atoms with van der Waals surface area (Å²) in [4.78, 5) is 14.7. The van der Waals surface area contributed by atoms with Gasteiger partial charge in [0.05, 0.1) is 12.5 Å². The predicted molar refractivity (Wildman–Crippen MR) is 105 cm³/mol. The van der Waals surface area contributed by atoms with Crippen LogP contribution < -0.4 is 14.4 Å². The molecule has 0 radical (unpaired) electrons. The fourth-order valence-corrected chi connectivity index (χ4v) is 3.90. The van der Waals surface area contributed by atoms with E-state index in [1.165, 1.54) is 0 Å². The molecule has 136 valence electrons. The first-order valence-electron chi connectivity index (χ1n) is 8.76. The van der Waals surface area contributed by atoms with E-state index in [-0.39, 0.29) is 0 Å². The van der Waals surface area contributed by atoms with Crippen molar-refractivity contribution in [3.63, 3.8) is 0 Å². The van der Waals surface area contributed by atoms with Crippen LogP contribution in [0, 0.1) is 0 Å². The number of anilines is 1. The van der Waals surface area contributed by atoms with Gasteiger partial charge in [-0.2, -0.15) is 0 Å². The minimum atomic E-state index is 0.689. The van der Waals surface area contributed by atoms with Gasteiger partial charge in [-0.3, -0.25) is 4.90 Å². The average Bonchev–Trinajstić information content (AvgIpc) is 3.18. The van der Waals surface area contributed by atoms with Gasteiger partial charge < -0.3 is 14.4 Å². The van der Waals surface area contributed by atoms with Crippen LogP contribution in [-0.2, 0) is 0 Å². The molecule has 1 aromatic carbocycles. The lowest BCUT2D eigenvalue weighted by atomic mass is 10.2. The highest BCUT2D eigenvalue weighted by Crippen LogP contribution is 2.27. The lowest BCUT2D eigenvalue weighted by Crippen LogP contribution is -2.47. The molecule has 0 atom stereocenters. The molecule has 0 saturated carbocycles. The summed E-state index contributed by atoms with van der Waals surface area (Å²) in [7, 11) is 1.67. The van der Waals surface area contributed by atoms with Gasteiger partial charge in [0.1, 0.15) is 35.1 Å². The maximum Gasteiger partial charge on any atom is 0.140 e. The maximum absolute atomic E-state index is 5.84. The van der Waals surface area contributed by atoms with Gasteiger partial charge in [0, 0.05) is 32.7 Å². The Morgan fingerprint density at radius 1 is 1.00 bits per heavy atom. The quantitative estimate of drug-likeness (QED) is 0.665. The Hall–Kier alpha value is -2.38. The van der Waals surface area contributed by atoms with Crippen molar-refractivity contribution in [3.8, 4) is 11.5 Å². The van der Waals surface area contributed by atoms with Crippen LogP contribution in [0.25, 0.3) is 10.2 Å². The molecule has 1 saturated heterocycles. The monoisotopic (exact) mass is 370 g/mol. The van der Waals surface area contributed by atoms with Crippen molar-refractivity contribution in [2.75, 3.05) is 51.3 Å². The third-order valence-electron chi connectivity index (χ3n) is 4.65. The van der Waals surface area contributed by atoms with E-state index in [9.17, 15) is 0 Å². The summed E-state index contributed by atoms with van der Waals surface area (Å²) in [5.74, 6) is 2.79. The molecule has 0 spiro atoms. The summed E-state index contributed by atoms with van der Waals surface area (Å²) in [6.07, 6.45) is 1.67. The highest BCUT2D eigenvalue weighted by atomic mass is 32.1. The second kappa shape index (κ2) is 7.88. The summed E-state index contributed by atoms with van der Waals surface area (Å²) in [5.41, 5.74) is 0. The molecule has 1 aliphatic rings. The molecule has 3 aromatic rings. The Bertz CT molecular complexity index is 844. The first-order chi connectivity index (χ1) is 12.8. The van der Waals surface area contributed by atoms with Crippen LogP contribution in [0.15, 0.2) is 42.0 Å². The van der Waals surface area contributed by atoms with E-state index in [0.717, 1.165) is 60.3 Å². The molecule has 0 N–H and O–H groups in total. The van der Waals surface area contributed by atoms with Crippen molar-refractivity contribution in [1.82, 2.24) is 14.9 Å². The standard InChI is InChI=1S/C19H22N4O2S/c1-24-15-2-4-16(5-3-15)25-12-11-22-7-9-23(10-8-22)18-17-6-13-26-19(17)21-14-20-18/h2-6,13-14H,7-12H2,1H3. The molecule has 0 aliphatic carbocycles. The Morgan fingerprint density at radius 2 is 1.77 bits per heavy atom. The van der Waals surface area contributed by atoms with Gasteiger partial charge >= 0.3 is 0 Å². The molecule has 0 unspecified atom stereocenters. The van der Waals surface area contributed by atoms with Gasteiger partial charge in [0.25, 0.3) is 0 Å². The van der Waals surface area contributed by atoms with Crippen LogP contribution in [0.4, 0.5) is 5.82 Å². The zero-order valence-electron chi connectivity index (χ0n) is 14.8. The van der Waals surface area contributed by atoms with E-state index in [2.05, 4.69) is 31.2 Å². The molecule has 6 nitrogen and oxygen atoms in total. The van der Waals surface area contributed by atoms with Crippen LogP contribution in [0.3, 0.4) is 0 Å². The number of hydrogen-bond donors (Lipinski definition) is 0. The fraction of sp³-hybridized carbons (Fsp3) is 0.368. The number of thiophene rings is 1. The summed E-state index contributed by atoms with van der Waals surface area (Å²) >= 11 is 1.66. The molecule has 26 heavy (non-hydrogen) atoms. The fourth-order valence-electron chi connectivity index (χ4n) is 3.18. The van der Waals surface area contributed by atoms with Gasteiger partial charge in [0.15, 0.2) is 0 Å². The van der Waals surface area contributed by atoms with E-state index in [4.69, 9.17) is 9.47 Å². The van der Waals surface area contributed by atoms with Crippen molar-refractivity contribution >= 4 is 27.4 Å². The molecule has 4 rings (SSSR count). The summed E-state index contributed by atoms with van der Waals surface area (Å²) in [5, 5.41) is 3.24. The summed E-state index contributed by atoms with van der Waals surface area (Å²) in [6.45, 7) is 5.60. The molecule has 1 aliphatic heterocycles. The van der Waals surface area contributed by atoms with Gasteiger partial charge in [-0.05, 0) is 35.7 Å². The number of fused-ring (bicyclic) bond motifs is 1. The largest absolute Gasteiger partial charge is 0.497 e. The van der Waals surface area contributed by atoms with Crippen molar-refractivity contribution in [2.24, 2.45) is 0 Å². The number of rotatable bonds is 6.